The van der Waals surface area contributed by atoms with Crippen LogP contribution < -0.4 is 0 Å². The molecule has 0 heterocycles. The molecule has 20 heavy (non-hydrogen) atoms. The van der Waals surface area contributed by atoms with Gasteiger partial charge in [0.25, 0.3) is 0 Å². The minimum atomic E-state index is 0.0708. The lowest BCUT2D eigenvalue weighted by atomic mass is 10.0. The number of benzene rings is 1. The quantitative estimate of drug-likeness (QED) is 0.771. The molecule has 1 fully saturated rings. The summed E-state index contributed by atoms with van der Waals surface area (Å²) in [6.07, 6.45) is 3.44. The Morgan fingerprint density at radius 2 is 1.85 bits per heavy atom. The molecule has 2 rings (SSSR count). The fraction of sp³-hybridized carbons (Fsp3) is 0.588. The molecule has 2 nitrogen and oxygen atoms in total. The molecule has 3 heteroatoms. The lowest BCUT2D eigenvalue weighted by Crippen LogP contribution is -2.43. The number of hydrogen-bond donors (Lipinski definition) is 0. The predicted octanol–water partition coefficient (Wildman–Crippen LogP) is 4.17. The molecule has 0 aromatic heterocycles. The lowest BCUT2D eigenvalue weighted by molar-refractivity contribution is -0.136. The van der Waals surface area contributed by atoms with Gasteiger partial charge in [-0.1, -0.05) is 37.6 Å². The maximum Gasteiger partial charge on any atom is 0.225 e. The largest absolute Gasteiger partial charge is 0.339 e. The highest BCUT2D eigenvalue weighted by Gasteiger charge is 2.30. The summed E-state index contributed by atoms with van der Waals surface area (Å²) in [5.41, 5.74) is 1.24. The van der Waals surface area contributed by atoms with Crippen molar-refractivity contribution < 1.29 is 4.79 Å². The molecule has 1 saturated carbocycles. The van der Waals surface area contributed by atoms with Crippen molar-refractivity contribution in [1.82, 2.24) is 4.90 Å². The van der Waals surface area contributed by atoms with E-state index in [4.69, 9.17) is 11.6 Å². The Hall–Kier alpha value is -1.02. The van der Waals surface area contributed by atoms with Crippen molar-refractivity contribution in [2.24, 2.45) is 11.8 Å². The number of rotatable bonds is 6. The Bertz CT molecular complexity index is 451. The molecule has 1 unspecified atom stereocenters. The summed E-state index contributed by atoms with van der Waals surface area (Å²) in [5.74, 6) is 1.07. The van der Waals surface area contributed by atoms with Gasteiger partial charge in [0.1, 0.15) is 0 Å². The number of amides is 1. The smallest absolute Gasteiger partial charge is 0.225 e. The summed E-state index contributed by atoms with van der Waals surface area (Å²) < 4.78 is 0. The number of carbonyl (C=O) groups is 1. The Morgan fingerprint density at radius 3 is 2.35 bits per heavy atom. The van der Waals surface area contributed by atoms with Crippen LogP contribution in [0.4, 0.5) is 0 Å². The van der Waals surface area contributed by atoms with E-state index in [-0.39, 0.29) is 17.9 Å². The average molecular weight is 294 g/mol. The zero-order chi connectivity index (χ0) is 14.7. The second-order valence-corrected chi connectivity index (χ2v) is 6.70. The molecule has 0 N–H and O–H groups in total. The van der Waals surface area contributed by atoms with E-state index >= 15 is 0 Å². The molecule has 0 aliphatic heterocycles. The molecule has 1 aliphatic rings. The van der Waals surface area contributed by atoms with Crippen molar-refractivity contribution in [3.8, 4) is 0 Å². The Balaban J connectivity index is 2.02. The van der Waals surface area contributed by atoms with Gasteiger partial charge in [0.2, 0.25) is 5.91 Å². The molecular weight excluding hydrogens is 270 g/mol. The molecule has 0 radical (unpaired) electrons. The maximum atomic E-state index is 12.4. The van der Waals surface area contributed by atoms with Crippen LogP contribution in [0, 0.1) is 11.8 Å². The second-order valence-electron chi connectivity index (χ2n) is 6.27. The van der Waals surface area contributed by atoms with Gasteiger partial charge in [0.15, 0.2) is 0 Å². The van der Waals surface area contributed by atoms with E-state index in [1.165, 1.54) is 18.4 Å². The minimum absolute atomic E-state index is 0.0708. The van der Waals surface area contributed by atoms with Crippen LogP contribution >= 0.6 is 11.6 Å². The lowest BCUT2D eigenvalue weighted by Gasteiger charge is -2.31. The molecular formula is C17H24ClNO. The van der Waals surface area contributed by atoms with E-state index in [0.29, 0.717) is 0 Å². The summed E-state index contributed by atoms with van der Waals surface area (Å²) >= 11 is 5.92. The molecule has 1 aromatic carbocycles. The Labute approximate surface area is 127 Å². The first-order valence-corrected chi connectivity index (χ1v) is 7.90. The first-order chi connectivity index (χ1) is 9.47. The van der Waals surface area contributed by atoms with E-state index in [1.54, 1.807) is 0 Å². The number of nitrogens with zero attached hydrogens (tertiary/aromatic N) is 1. The van der Waals surface area contributed by atoms with Crippen molar-refractivity contribution in [3.05, 3.63) is 34.9 Å². The third-order valence-electron chi connectivity index (χ3n) is 3.91. The van der Waals surface area contributed by atoms with Crippen LogP contribution in [0.2, 0.25) is 5.02 Å². The van der Waals surface area contributed by atoms with E-state index in [2.05, 4.69) is 11.8 Å². The average Bonchev–Trinajstić information content (AvgIpc) is 3.21. The first-order valence-electron chi connectivity index (χ1n) is 7.52. The van der Waals surface area contributed by atoms with Gasteiger partial charge in [-0.15, -0.1) is 0 Å². The molecule has 0 spiro atoms. The fourth-order valence-electron chi connectivity index (χ4n) is 2.47. The third kappa shape index (κ3) is 4.24. The highest BCUT2D eigenvalue weighted by atomic mass is 35.5. The van der Waals surface area contributed by atoms with Crippen molar-refractivity contribution in [3.63, 3.8) is 0 Å². The highest BCUT2D eigenvalue weighted by molar-refractivity contribution is 6.30. The Morgan fingerprint density at radius 1 is 1.25 bits per heavy atom. The van der Waals surface area contributed by atoms with Crippen molar-refractivity contribution in [2.45, 2.75) is 46.1 Å². The first kappa shape index (κ1) is 15.4. The highest BCUT2D eigenvalue weighted by Crippen LogP contribution is 2.31. The van der Waals surface area contributed by atoms with Gasteiger partial charge in [-0.05, 0) is 49.8 Å². The summed E-state index contributed by atoms with van der Waals surface area (Å²) in [6.45, 7) is 7.04. The summed E-state index contributed by atoms with van der Waals surface area (Å²) in [5, 5.41) is 0.759. The van der Waals surface area contributed by atoms with Crippen LogP contribution in [-0.2, 0) is 11.2 Å². The van der Waals surface area contributed by atoms with Gasteiger partial charge in [-0.3, -0.25) is 4.79 Å². The van der Waals surface area contributed by atoms with Crippen LogP contribution in [0.1, 0.15) is 39.2 Å². The standard InChI is InChI=1S/C17H24ClNO/c1-12(2)17(20)19(11-15-4-5-15)13(3)10-14-6-8-16(18)9-7-14/h6-9,12-13,15H,4-5,10-11H2,1-3H3. The third-order valence-corrected chi connectivity index (χ3v) is 4.16. The van der Waals surface area contributed by atoms with E-state index < -0.39 is 0 Å². The van der Waals surface area contributed by atoms with Crippen molar-refractivity contribution in [2.75, 3.05) is 6.54 Å². The van der Waals surface area contributed by atoms with Crippen LogP contribution in [0.3, 0.4) is 0 Å². The molecule has 1 amide bonds. The monoisotopic (exact) mass is 293 g/mol. The molecule has 110 valence electrons. The summed E-state index contributed by atoms with van der Waals surface area (Å²) in [4.78, 5) is 14.5. The van der Waals surface area contributed by atoms with Crippen LogP contribution in [0.15, 0.2) is 24.3 Å². The summed E-state index contributed by atoms with van der Waals surface area (Å²) in [7, 11) is 0. The number of carbonyl (C=O) groups excluding carboxylic acids is 1. The van der Waals surface area contributed by atoms with Gasteiger partial charge < -0.3 is 4.90 Å². The maximum absolute atomic E-state index is 12.4. The predicted molar refractivity (Wildman–Crippen MR) is 83.9 cm³/mol. The second kappa shape index (κ2) is 6.62. The van der Waals surface area contributed by atoms with E-state index in [0.717, 1.165) is 23.9 Å². The summed E-state index contributed by atoms with van der Waals surface area (Å²) in [6, 6.07) is 8.17. The van der Waals surface area contributed by atoms with Gasteiger partial charge in [0, 0.05) is 23.5 Å². The van der Waals surface area contributed by atoms with Gasteiger partial charge in [-0.2, -0.15) is 0 Å². The van der Waals surface area contributed by atoms with Gasteiger partial charge in [-0.25, -0.2) is 0 Å². The fourth-order valence-corrected chi connectivity index (χ4v) is 2.60. The molecule has 0 saturated heterocycles. The van der Waals surface area contributed by atoms with Gasteiger partial charge >= 0.3 is 0 Å². The van der Waals surface area contributed by atoms with Gasteiger partial charge in [0.05, 0.1) is 0 Å². The number of halogens is 1. The minimum Gasteiger partial charge on any atom is -0.339 e. The van der Waals surface area contributed by atoms with Crippen LogP contribution in [-0.4, -0.2) is 23.4 Å². The zero-order valence-corrected chi connectivity index (χ0v) is 13.4. The number of hydrogen-bond acceptors (Lipinski definition) is 1. The van der Waals surface area contributed by atoms with Crippen molar-refractivity contribution in [1.29, 1.82) is 0 Å². The van der Waals surface area contributed by atoms with E-state index in [1.807, 2.05) is 38.1 Å². The van der Waals surface area contributed by atoms with Crippen molar-refractivity contribution >= 4 is 17.5 Å². The topological polar surface area (TPSA) is 20.3 Å². The molecule has 1 aromatic rings. The molecule has 1 atom stereocenters. The normalized spacial score (nSPS) is 16.2. The molecule has 0 bridgehead atoms. The SMILES string of the molecule is CC(C)C(=O)N(CC1CC1)C(C)Cc1ccc(Cl)cc1. The molecule has 1 aliphatic carbocycles. The van der Waals surface area contributed by atoms with Crippen LogP contribution in [0.5, 0.6) is 0 Å². The van der Waals surface area contributed by atoms with E-state index in [9.17, 15) is 4.79 Å². The van der Waals surface area contributed by atoms with Crippen LogP contribution in [0.25, 0.3) is 0 Å². The zero-order valence-electron chi connectivity index (χ0n) is 12.6. The Kier molecular flexibility index (Phi) is 5.09.